The largest absolute Gasteiger partial charge is 0.493 e. The molecule has 0 aliphatic rings. The molecule has 0 aromatic heterocycles. The highest BCUT2D eigenvalue weighted by Crippen LogP contribution is 2.27. The van der Waals surface area contributed by atoms with E-state index in [2.05, 4.69) is 26.5 Å². The minimum absolute atomic E-state index is 0.657. The SMILES string of the molecule is COc1cc(C=NNc2ccccc2)ccc1OCCCBr. The molecule has 0 amide bonds. The smallest absolute Gasteiger partial charge is 0.161 e. The van der Waals surface area contributed by atoms with Gasteiger partial charge in [0.15, 0.2) is 11.5 Å². The van der Waals surface area contributed by atoms with Gasteiger partial charge in [0, 0.05) is 5.33 Å². The molecular formula is C17H19BrN2O2. The first-order valence-corrected chi connectivity index (χ1v) is 8.16. The third-order valence-electron chi connectivity index (χ3n) is 2.90. The van der Waals surface area contributed by atoms with Gasteiger partial charge in [-0.15, -0.1) is 0 Å². The standard InChI is InChI=1S/C17H19BrN2O2/c1-21-17-12-14(8-9-16(17)22-11-5-10-18)13-19-20-15-6-3-2-4-7-15/h2-4,6-9,12-13,20H,5,10-11H2,1H3. The average Bonchev–Trinajstić information content (AvgIpc) is 2.57. The minimum Gasteiger partial charge on any atom is -0.493 e. The maximum Gasteiger partial charge on any atom is 0.161 e. The fourth-order valence-corrected chi connectivity index (χ4v) is 2.04. The van der Waals surface area contributed by atoms with Crippen molar-refractivity contribution in [1.29, 1.82) is 0 Å². The van der Waals surface area contributed by atoms with E-state index in [0.717, 1.165) is 28.8 Å². The molecule has 0 saturated carbocycles. The molecule has 0 heterocycles. The lowest BCUT2D eigenvalue weighted by Crippen LogP contribution is -2.00. The van der Waals surface area contributed by atoms with E-state index in [4.69, 9.17) is 9.47 Å². The van der Waals surface area contributed by atoms with E-state index in [-0.39, 0.29) is 0 Å². The van der Waals surface area contributed by atoms with Crippen molar-refractivity contribution in [1.82, 2.24) is 0 Å². The zero-order valence-corrected chi connectivity index (χ0v) is 14.0. The first kappa shape index (κ1) is 16.4. The van der Waals surface area contributed by atoms with Crippen LogP contribution in [0.15, 0.2) is 53.6 Å². The zero-order valence-electron chi connectivity index (χ0n) is 12.5. The average molecular weight is 363 g/mol. The molecule has 2 aromatic carbocycles. The summed E-state index contributed by atoms with van der Waals surface area (Å²) in [5, 5.41) is 5.14. The van der Waals surface area contributed by atoms with Gasteiger partial charge < -0.3 is 9.47 Å². The highest BCUT2D eigenvalue weighted by atomic mass is 79.9. The topological polar surface area (TPSA) is 42.8 Å². The van der Waals surface area contributed by atoms with E-state index in [1.165, 1.54) is 0 Å². The normalized spacial score (nSPS) is 10.6. The van der Waals surface area contributed by atoms with Crippen molar-refractivity contribution in [3.63, 3.8) is 0 Å². The molecule has 0 atom stereocenters. The van der Waals surface area contributed by atoms with E-state index in [9.17, 15) is 0 Å². The van der Waals surface area contributed by atoms with Crippen LogP contribution in [0, 0.1) is 0 Å². The van der Waals surface area contributed by atoms with Crippen LogP contribution in [-0.2, 0) is 0 Å². The van der Waals surface area contributed by atoms with Gasteiger partial charge >= 0.3 is 0 Å². The van der Waals surface area contributed by atoms with Crippen molar-refractivity contribution < 1.29 is 9.47 Å². The summed E-state index contributed by atoms with van der Waals surface area (Å²) in [6, 6.07) is 15.5. The summed E-state index contributed by atoms with van der Waals surface area (Å²) in [6.07, 6.45) is 2.70. The van der Waals surface area contributed by atoms with Crippen LogP contribution in [0.25, 0.3) is 0 Å². The predicted octanol–water partition coefficient (Wildman–Crippen LogP) is 4.31. The number of hydrogen-bond acceptors (Lipinski definition) is 4. The van der Waals surface area contributed by atoms with Crippen LogP contribution in [0.5, 0.6) is 11.5 Å². The van der Waals surface area contributed by atoms with Gasteiger partial charge in [-0.1, -0.05) is 34.1 Å². The van der Waals surface area contributed by atoms with Crippen LogP contribution < -0.4 is 14.9 Å². The summed E-state index contributed by atoms with van der Waals surface area (Å²) >= 11 is 3.38. The molecule has 0 saturated heterocycles. The fourth-order valence-electron chi connectivity index (χ4n) is 1.81. The molecule has 2 aromatic rings. The number of hydrazone groups is 1. The molecular weight excluding hydrogens is 344 g/mol. The first-order chi connectivity index (χ1) is 10.8. The van der Waals surface area contributed by atoms with Crippen LogP contribution in [-0.4, -0.2) is 25.3 Å². The summed E-state index contributed by atoms with van der Waals surface area (Å²) in [4.78, 5) is 0. The Kier molecular flexibility index (Phi) is 6.77. The van der Waals surface area contributed by atoms with Crippen LogP contribution in [0.3, 0.4) is 0 Å². The molecule has 5 heteroatoms. The van der Waals surface area contributed by atoms with Crippen molar-refractivity contribution in [2.24, 2.45) is 5.10 Å². The second-order valence-electron chi connectivity index (χ2n) is 4.54. The third kappa shape index (κ3) is 5.07. The summed E-state index contributed by atoms with van der Waals surface area (Å²) in [7, 11) is 1.63. The molecule has 1 N–H and O–H groups in total. The Labute approximate surface area is 139 Å². The van der Waals surface area contributed by atoms with Gasteiger partial charge in [0.25, 0.3) is 0 Å². The lowest BCUT2D eigenvalue weighted by atomic mass is 10.2. The van der Waals surface area contributed by atoms with Gasteiger partial charge in [-0.25, -0.2) is 0 Å². The number of nitrogens with zero attached hydrogens (tertiary/aromatic N) is 1. The van der Waals surface area contributed by atoms with Gasteiger partial charge in [0.2, 0.25) is 0 Å². The quantitative estimate of drug-likeness (QED) is 0.329. The lowest BCUT2D eigenvalue weighted by Gasteiger charge is -2.10. The highest BCUT2D eigenvalue weighted by Gasteiger charge is 2.04. The van der Waals surface area contributed by atoms with Crippen LogP contribution in [0.1, 0.15) is 12.0 Å². The molecule has 0 bridgehead atoms. The van der Waals surface area contributed by atoms with E-state index in [0.29, 0.717) is 12.4 Å². The van der Waals surface area contributed by atoms with Gasteiger partial charge in [0.05, 0.1) is 25.6 Å². The van der Waals surface area contributed by atoms with Gasteiger partial charge in [0.1, 0.15) is 0 Å². The molecule has 0 radical (unpaired) electrons. The van der Waals surface area contributed by atoms with Gasteiger partial charge in [-0.3, -0.25) is 5.43 Å². The summed E-state index contributed by atoms with van der Waals surface area (Å²) < 4.78 is 11.0. The summed E-state index contributed by atoms with van der Waals surface area (Å²) in [5.74, 6) is 1.45. The van der Waals surface area contributed by atoms with Crippen LogP contribution in [0.2, 0.25) is 0 Å². The lowest BCUT2D eigenvalue weighted by molar-refractivity contribution is 0.295. The first-order valence-electron chi connectivity index (χ1n) is 7.04. The minimum atomic E-state index is 0.657. The molecule has 0 fully saturated rings. The Bertz CT molecular complexity index is 603. The Morgan fingerprint density at radius 2 is 1.95 bits per heavy atom. The number of ether oxygens (including phenoxy) is 2. The van der Waals surface area contributed by atoms with Crippen LogP contribution >= 0.6 is 15.9 Å². The molecule has 116 valence electrons. The number of alkyl halides is 1. The van der Waals surface area contributed by atoms with E-state index in [1.54, 1.807) is 13.3 Å². The second kappa shape index (κ2) is 9.10. The maximum atomic E-state index is 5.68. The molecule has 0 aliphatic heterocycles. The summed E-state index contributed by atoms with van der Waals surface area (Å²) in [5.41, 5.74) is 4.86. The third-order valence-corrected chi connectivity index (χ3v) is 3.47. The Hall–Kier alpha value is -2.01. The number of halogens is 1. The van der Waals surface area contributed by atoms with Crippen molar-refractivity contribution in [2.75, 3.05) is 24.5 Å². The number of methoxy groups -OCH3 is 1. The number of benzene rings is 2. The highest BCUT2D eigenvalue weighted by molar-refractivity contribution is 9.09. The zero-order chi connectivity index (χ0) is 15.6. The number of para-hydroxylation sites is 1. The van der Waals surface area contributed by atoms with Crippen molar-refractivity contribution >= 4 is 27.8 Å². The molecule has 2 rings (SSSR count). The van der Waals surface area contributed by atoms with Crippen molar-refractivity contribution in [3.8, 4) is 11.5 Å². The Balaban J connectivity index is 1.99. The Morgan fingerprint density at radius 1 is 1.14 bits per heavy atom. The number of nitrogens with one attached hydrogen (secondary N) is 1. The van der Waals surface area contributed by atoms with Gasteiger partial charge in [-0.05, 0) is 42.3 Å². The van der Waals surface area contributed by atoms with Crippen molar-refractivity contribution in [2.45, 2.75) is 6.42 Å². The molecule has 0 unspecified atom stereocenters. The Morgan fingerprint density at radius 3 is 2.68 bits per heavy atom. The maximum absolute atomic E-state index is 5.68. The second-order valence-corrected chi connectivity index (χ2v) is 5.33. The van der Waals surface area contributed by atoms with Crippen LogP contribution in [0.4, 0.5) is 5.69 Å². The van der Waals surface area contributed by atoms with Gasteiger partial charge in [-0.2, -0.15) is 5.10 Å². The molecule has 22 heavy (non-hydrogen) atoms. The number of hydrogen-bond donors (Lipinski definition) is 1. The molecule has 0 aliphatic carbocycles. The van der Waals surface area contributed by atoms with Crippen molar-refractivity contribution in [3.05, 3.63) is 54.1 Å². The fraction of sp³-hybridized carbons (Fsp3) is 0.235. The molecule has 4 nitrogen and oxygen atoms in total. The molecule has 0 spiro atoms. The predicted molar refractivity (Wildman–Crippen MR) is 94.6 cm³/mol. The monoisotopic (exact) mass is 362 g/mol. The van der Waals surface area contributed by atoms with E-state index >= 15 is 0 Å². The summed E-state index contributed by atoms with van der Waals surface area (Å²) in [6.45, 7) is 0.657. The van der Waals surface area contributed by atoms with E-state index in [1.807, 2.05) is 48.5 Å². The number of rotatable bonds is 8. The number of anilines is 1. The van der Waals surface area contributed by atoms with E-state index < -0.39 is 0 Å².